The van der Waals surface area contributed by atoms with E-state index in [1.807, 2.05) is 12.1 Å². The van der Waals surface area contributed by atoms with Crippen LogP contribution in [0.15, 0.2) is 48.5 Å². The van der Waals surface area contributed by atoms with Gasteiger partial charge >= 0.3 is 0 Å². The van der Waals surface area contributed by atoms with Crippen molar-refractivity contribution in [3.63, 3.8) is 0 Å². The molecule has 0 fully saturated rings. The highest BCUT2D eigenvalue weighted by atomic mass is 35.5. The maximum absolute atomic E-state index is 6.41. The normalized spacial score (nSPS) is 12.3. The predicted octanol–water partition coefficient (Wildman–Crippen LogP) is 4.97. The van der Waals surface area contributed by atoms with E-state index in [2.05, 4.69) is 55.6 Å². The molecule has 0 spiro atoms. The summed E-state index contributed by atoms with van der Waals surface area (Å²) >= 11 is 6.41. The molecule has 0 bridgehead atoms. The second-order valence-corrected chi connectivity index (χ2v) is 5.96. The number of aryl methyl sites for hydroxylation is 1. The van der Waals surface area contributed by atoms with Crippen LogP contribution in [0.4, 0.5) is 0 Å². The van der Waals surface area contributed by atoms with Gasteiger partial charge in [0.15, 0.2) is 0 Å². The first kappa shape index (κ1) is 16.1. The van der Waals surface area contributed by atoms with Crippen LogP contribution in [0.25, 0.3) is 0 Å². The van der Waals surface area contributed by atoms with E-state index in [9.17, 15) is 0 Å². The van der Waals surface area contributed by atoms with E-state index in [-0.39, 0.29) is 0 Å². The SMILES string of the molecule is CCCNCC(Cc1ccccc1C)c1ccccc1Cl. The van der Waals surface area contributed by atoms with Crippen LogP contribution < -0.4 is 5.32 Å². The summed E-state index contributed by atoms with van der Waals surface area (Å²) in [5.74, 6) is 0.409. The maximum Gasteiger partial charge on any atom is 0.0441 e. The first-order valence-electron chi connectivity index (χ1n) is 7.72. The van der Waals surface area contributed by atoms with Crippen molar-refractivity contribution in [2.24, 2.45) is 0 Å². The summed E-state index contributed by atoms with van der Waals surface area (Å²) in [7, 11) is 0. The van der Waals surface area contributed by atoms with Crippen LogP contribution >= 0.6 is 11.6 Å². The molecule has 2 aromatic rings. The highest BCUT2D eigenvalue weighted by Gasteiger charge is 2.15. The number of hydrogen-bond acceptors (Lipinski definition) is 1. The summed E-state index contributed by atoms with van der Waals surface area (Å²) in [6.07, 6.45) is 2.17. The molecule has 2 aromatic carbocycles. The molecule has 1 N–H and O–H groups in total. The summed E-state index contributed by atoms with van der Waals surface area (Å²) in [4.78, 5) is 0. The molecule has 0 aliphatic rings. The monoisotopic (exact) mass is 301 g/mol. The number of rotatable bonds is 7. The molecule has 0 saturated heterocycles. The Morgan fingerprint density at radius 2 is 1.76 bits per heavy atom. The summed E-state index contributed by atoms with van der Waals surface area (Å²) in [6.45, 7) is 6.39. The largest absolute Gasteiger partial charge is 0.316 e. The lowest BCUT2D eigenvalue weighted by Gasteiger charge is -2.20. The van der Waals surface area contributed by atoms with Crippen molar-refractivity contribution < 1.29 is 0 Å². The fourth-order valence-corrected chi connectivity index (χ4v) is 2.95. The average Bonchev–Trinajstić information content (AvgIpc) is 2.49. The lowest BCUT2D eigenvalue weighted by atomic mass is 9.90. The van der Waals surface area contributed by atoms with Gasteiger partial charge in [0.2, 0.25) is 0 Å². The van der Waals surface area contributed by atoms with Gasteiger partial charge in [0, 0.05) is 17.5 Å². The van der Waals surface area contributed by atoms with Crippen LogP contribution in [0.5, 0.6) is 0 Å². The van der Waals surface area contributed by atoms with E-state index < -0.39 is 0 Å². The third-order valence-corrected chi connectivity index (χ3v) is 4.23. The zero-order chi connectivity index (χ0) is 15.1. The van der Waals surface area contributed by atoms with E-state index in [0.29, 0.717) is 5.92 Å². The zero-order valence-electron chi connectivity index (χ0n) is 12.9. The Morgan fingerprint density at radius 3 is 2.48 bits per heavy atom. The molecule has 0 heterocycles. The number of halogens is 1. The molecule has 1 atom stereocenters. The Morgan fingerprint density at radius 1 is 1.05 bits per heavy atom. The molecule has 1 unspecified atom stereocenters. The minimum atomic E-state index is 0.409. The van der Waals surface area contributed by atoms with E-state index >= 15 is 0 Å². The molecule has 2 rings (SSSR count). The standard InChI is InChI=1S/C19H24ClN/c1-3-12-21-14-17(18-10-6-7-11-19(18)20)13-16-9-5-4-8-15(16)2/h4-11,17,21H,3,12-14H2,1-2H3. The highest BCUT2D eigenvalue weighted by Crippen LogP contribution is 2.28. The predicted molar refractivity (Wildman–Crippen MR) is 92.2 cm³/mol. The van der Waals surface area contributed by atoms with E-state index in [4.69, 9.17) is 11.6 Å². The lowest BCUT2D eigenvalue weighted by molar-refractivity contribution is 0.576. The minimum absolute atomic E-state index is 0.409. The number of hydrogen-bond donors (Lipinski definition) is 1. The Kier molecular flexibility index (Phi) is 6.28. The van der Waals surface area contributed by atoms with Crippen molar-refractivity contribution in [2.45, 2.75) is 32.6 Å². The summed E-state index contributed by atoms with van der Waals surface area (Å²) in [6, 6.07) is 16.8. The first-order valence-corrected chi connectivity index (χ1v) is 8.09. The Bertz CT molecular complexity index is 565. The van der Waals surface area contributed by atoms with Gasteiger partial charge in [0.05, 0.1) is 0 Å². The van der Waals surface area contributed by atoms with E-state index in [1.54, 1.807) is 0 Å². The van der Waals surface area contributed by atoms with Gasteiger partial charge in [-0.2, -0.15) is 0 Å². The smallest absolute Gasteiger partial charge is 0.0441 e. The van der Waals surface area contributed by atoms with Crippen LogP contribution in [0.1, 0.15) is 36.0 Å². The molecule has 0 aliphatic carbocycles. The lowest BCUT2D eigenvalue weighted by Crippen LogP contribution is -2.24. The molecular formula is C19H24ClN. The van der Waals surface area contributed by atoms with Gasteiger partial charge in [-0.05, 0) is 49.1 Å². The Balaban J connectivity index is 2.20. The van der Waals surface area contributed by atoms with Crippen molar-refractivity contribution in [1.29, 1.82) is 0 Å². The summed E-state index contributed by atoms with van der Waals surface area (Å²) < 4.78 is 0. The van der Waals surface area contributed by atoms with Gasteiger partial charge in [0.1, 0.15) is 0 Å². The van der Waals surface area contributed by atoms with Crippen LogP contribution in [-0.4, -0.2) is 13.1 Å². The second kappa shape index (κ2) is 8.21. The fourth-order valence-electron chi connectivity index (χ4n) is 2.66. The Labute approximate surface area is 133 Å². The number of nitrogens with one attached hydrogen (secondary N) is 1. The van der Waals surface area contributed by atoms with Gasteiger partial charge in [0.25, 0.3) is 0 Å². The molecule has 0 saturated carbocycles. The van der Waals surface area contributed by atoms with Crippen molar-refractivity contribution in [3.8, 4) is 0 Å². The molecule has 112 valence electrons. The van der Waals surface area contributed by atoms with Crippen LogP contribution in [-0.2, 0) is 6.42 Å². The zero-order valence-corrected chi connectivity index (χ0v) is 13.7. The molecule has 2 heteroatoms. The molecule has 0 aliphatic heterocycles. The highest BCUT2D eigenvalue weighted by molar-refractivity contribution is 6.31. The first-order chi connectivity index (χ1) is 10.2. The number of benzene rings is 2. The van der Waals surface area contributed by atoms with E-state index in [0.717, 1.165) is 31.0 Å². The maximum atomic E-state index is 6.41. The average molecular weight is 302 g/mol. The Hall–Kier alpha value is -1.31. The van der Waals surface area contributed by atoms with Crippen molar-refractivity contribution in [1.82, 2.24) is 5.32 Å². The summed E-state index contributed by atoms with van der Waals surface area (Å²) in [5, 5.41) is 4.41. The van der Waals surface area contributed by atoms with Crippen molar-refractivity contribution in [3.05, 3.63) is 70.2 Å². The van der Waals surface area contributed by atoms with Gasteiger partial charge in [-0.1, -0.05) is 61.0 Å². The second-order valence-electron chi connectivity index (χ2n) is 5.55. The van der Waals surface area contributed by atoms with Crippen LogP contribution in [0.3, 0.4) is 0 Å². The summed E-state index contributed by atoms with van der Waals surface area (Å²) in [5.41, 5.74) is 4.00. The molecule has 21 heavy (non-hydrogen) atoms. The minimum Gasteiger partial charge on any atom is -0.316 e. The molecule has 1 nitrogen and oxygen atoms in total. The topological polar surface area (TPSA) is 12.0 Å². The van der Waals surface area contributed by atoms with Crippen molar-refractivity contribution in [2.75, 3.05) is 13.1 Å². The molecular weight excluding hydrogens is 278 g/mol. The van der Waals surface area contributed by atoms with Crippen molar-refractivity contribution >= 4 is 11.6 Å². The quantitative estimate of drug-likeness (QED) is 0.712. The third kappa shape index (κ3) is 4.59. The van der Waals surface area contributed by atoms with Gasteiger partial charge in [-0.25, -0.2) is 0 Å². The van der Waals surface area contributed by atoms with Gasteiger partial charge in [-0.3, -0.25) is 0 Å². The fraction of sp³-hybridized carbons (Fsp3) is 0.368. The van der Waals surface area contributed by atoms with Crippen LogP contribution in [0.2, 0.25) is 5.02 Å². The van der Waals surface area contributed by atoms with Gasteiger partial charge < -0.3 is 5.32 Å². The van der Waals surface area contributed by atoms with E-state index in [1.165, 1.54) is 16.7 Å². The third-order valence-electron chi connectivity index (χ3n) is 3.89. The van der Waals surface area contributed by atoms with Gasteiger partial charge in [-0.15, -0.1) is 0 Å². The molecule has 0 amide bonds. The van der Waals surface area contributed by atoms with Crippen LogP contribution in [0, 0.1) is 6.92 Å². The molecule has 0 aromatic heterocycles. The molecule has 0 radical (unpaired) electrons.